The number of nitrogens with one attached hydrogen (secondary N) is 8. The number of nitrogens with two attached hydrogens (primary N) is 1. The van der Waals surface area contributed by atoms with Gasteiger partial charge in [0.1, 0.15) is 54.4 Å². The molecule has 12 N–H and O–H groups in total. The third-order valence-corrected chi connectivity index (χ3v) is 13.7. The Balaban J connectivity index is 1.71. The van der Waals surface area contributed by atoms with Gasteiger partial charge < -0.3 is 68.3 Å². The summed E-state index contributed by atoms with van der Waals surface area (Å²) in [5.41, 5.74) is 5.54. The van der Waals surface area contributed by atoms with Crippen LogP contribution >= 0.6 is 11.8 Å². The number of rotatable bonds is 29. The van der Waals surface area contributed by atoms with Crippen LogP contribution in [-0.2, 0) is 52.7 Å². The molecule has 0 saturated carbocycles. The number of likely N-dealkylation sites (tertiary alicyclic amines) is 2. The molecule has 0 radical (unpaired) electrons. The summed E-state index contributed by atoms with van der Waals surface area (Å²) in [6, 6.07) is -10.8. The quantitative estimate of drug-likeness (QED) is 0.0372. The number of hydrogen-bond acceptors (Lipinski definition) is 14. The molecule has 9 amide bonds. The van der Waals surface area contributed by atoms with E-state index < -0.39 is 138 Å². The van der Waals surface area contributed by atoms with Gasteiger partial charge in [-0.2, -0.15) is 11.8 Å². The normalized spacial score (nSPS) is 20.6. The van der Waals surface area contributed by atoms with E-state index in [-0.39, 0.29) is 51.1 Å². The number of carbonyl (C=O) groups excluding carboxylic acids is 9. The topological polar surface area (TPSA) is 357 Å². The van der Waals surface area contributed by atoms with Crippen LogP contribution in [0.25, 0.3) is 0 Å². The Morgan fingerprint density at radius 1 is 0.583 bits per heavy atom. The van der Waals surface area contributed by atoms with E-state index in [2.05, 4.69) is 42.5 Å². The molecule has 3 heterocycles. The van der Waals surface area contributed by atoms with Crippen molar-refractivity contribution in [1.82, 2.24) is 52.3 Å². The minimum absolute atomic E-state index is 0.0797. The molecule has 406 valence electrons. The fourth-order valence-corrected chi connectivity index (χ4v) is 9.31. The van der Waals surface area contributed by atoms with Crippen molar-refractivity contribution in [3.8, 4) is 0 Å². The number of hydrogen-bond donors (Lipinski definition) is 11. The molecule has 3 fully saturated rings. The Kier molecular flexibility index (Phi) is 25.2. The van der Waals surface area contributed by atoms with Gasteiger partial charge >= 0.3 is 11.9 Å². The fraction of sp³-hybridized carbons (Fsp3) is 0.766. The molecular weight excluding hydrogens is 959 g/mol. The largest absolute Gasteiger partial charge is 0.481 e. The lowest BCUT2D eigenvalue weighted by Crippen LogP contribution is -2.61. The van der Waals surface area contributed by atoms with Crippen LogP contribution in [0.1, 0.15) is 119 Å². The second-order valence-corrected chi connectivity index (χ2v) is 20.5. The second kappa shape index (κ2) is 29.8. The summed E-state index contributed by atoms with van der Waals surface area (Å²) in [7, 11) is 0. The zero-order valence-electron chi connectivity index (χ0n) is 42.7. The van der Waals surface area contributed by atoms with Gasteiger partial charge in [-0.1, -0.05) is 27.7 Å². The molecule has 0 spiro atoms. The molecule has 0 aromatic rings. The van der Waals surface area contributed by atoms with E-state index in [4.69, 9.17) is 5.73 Å². The van der Waals surface area contributed by atoms with Gasteiger partial charge in [0.15, 0.2) is 0 Å². The standard InChI is InChI=1S/C47H79N11O13S/c1-25(2)36(44(67)54-32(47(70)71)13-8-9-20-48)55-41(64)30(19-24-72-7)52-42(65)33-15-12-23-58(33)46(69)37(26(3)4)56-43(66)34-16-11-22-57(34)45(68)31(17-18-35(59)60)53-39(62)28(6)50-38(61)27(5)51-40(63)29-14-10-21-49-29/h25-34,36-37,49H,8-24,48H2,1-7H3,(H,50,61)(H,51,63)(H,52,65)(H,53,62)(H,54,67)(H,55,64)(H,56,66)(H,59,60)(H,70,71)/t27-,28-,29-,30-,31-,32-,33-,34-,36-,37-/m0/s1. The number of carboxylic acids is 2. The van der Waals surface area contributed by atoms with Crippen molar-refractivity contribution in [2.45, 2.75) is 179 Å². The third-order valence-electron chi connectivity index (χ3n) is 13.1. The lowest BCUT2D eigenvalue weighted by molar-refractivity contribution is -0.145. The summed E-state index contributed by atoms with van der Waals surface area (Å²) in [5, 5.41) is 40.7. The van der Waals surface area contributed by atoms with Crippen LogP contribution in [0.2, 0.25) is 0 Å². The minimum atomic E-state index is -1.41. The first-order chi connectivity index (χ1) is 34.0. The van der Waals surface area contributed by atoms with Gasteiger partial charge in [0.05, 0.1) is 6.04 Å². The van der Waals surface area contributed by atoms with Crippen LogP contribution < -0.4 is 48.3 Å². The molecule has 0 bridgehead atoms. The highest BCUT2D eigenvalue weighted by Gasteiger charge is 2.43. The van der Waals surface area contributed by atoms with Crippen LogP contribution in [0.3, 0.4) is 0 Å². The fourth-order valence-electron chi connectivity index (χ4n) is 8.83. The van der Waals surface area contributed by atoms with Crippen LogP contribution in [0, 0.1) is 11.8 Å². The molecule has 24 nitrogen and oxygen atoms in total. The number of amides is 9. The molecule has 25 heteroatoms. The van der Waals surface area contributed by atoms with E-state index in [1.165, 1.54) is 35.4 Å². The van der Waals surface area contributed by atoms with Crippen LogP contribution in [-0.4, -0.2) is 184 Å². The number of unbranched alkanes of at least 4 members (excludes halogenated alkanes) is 1. The second-order valence-electron chi connectivity index (χ2n) is 19.5. The molecule has 0 aliphatic carbocycles. The van der Waals surface area contributed by atoms with E-state index >= 15 is 0 Å². The predicted octanol–water partition coefficient (Wildman–Crippen LogP) is -1.70. The highest BCUT2D eigenvalue weighted by molar-refractivity contribution is 7.98. The average Bonchev–Trinajstić information content (AvgIpc) is 4.15. The zero-order chi connectivity index (χ0) is 53.8. The molecule has 3 aliphatic rings. The molecule has 72 heavy (non-hydrogen) atoms. The molecule has 3 saturated heterocycles. The van der Waals surface area contributed by atoms with Crippen LogP contribution in [0.5, 0.6) is 0 Å². The Bertz CT molecular complexity index is 1940. The first-order valence-corrected chi connectivity index (χ1v) is 26.5. The molecular formula is C47H79N11O13S. The molecule has 10 atom stereocenters. The van der Waals surface area contributed by atoms with E-state index in [1.54, 1.807) is 27.7 Å². The van der Waals surface area contributed by atoms with Gasteiger partial charge in [-0.25, -0.2) is 4.79 Å². The van der Waals surface area contributed by atoms with Crippen LogP contribution in [0.15, 0.2) is 0 Å². The zero-order valence-corrected chi connectivity index (χ0v) is 43.5. The summed E-state index contributed by atoms with van der Waals surface area (Å²) in [5.74, 6) is -8.80. The number of carbonyl (C=O) groups is 11. The Morgan fingerprint density at radius 2 is 1.15 bits per heavy atom. The Morgan fingerprint density at radius 3 is 1.69 bits per heavy atom. The van der Waals surface area contributed by atoms with Gasteiger partial charge in [-0.15, -0.1) is 0 Å². The SMILES string of the molecule is CSCC[C@H](NC(=O)[C@@H]1CCCN1C(=O)[C@@H](NC(=O)[C@@H]1CCCN1C(=O)[C@H](CCC(=O)O)NC(=O)[C@H](C)NC(=O)[C@H](C)NC(=O)[C@@H]1CCCN1)C(C)C)C(=O)N[C@H](C(=O)N[C@@H](CCCCN)C(=O)O)C(C)C. The maximum absolute atomic E-state index is 14.4. The van der Waals surface area contributed by atoms with Crippen LogP contribution in [0.4, 0.5) is 0 Å². The van der Waals surface area contributed by atoms with E-state index in [0.29, 0.717) is 50.9 Å². The molecule has 3 rings (SSSR count). The summed E-state index contributed by atoms with van der Waals surface area (Å²) >= 11 is 1.42. The number of nitrogens with zero attached hydrogens (tertiary/aromatic N) is 2. The lowest BCUT2D eigenvalue weighted by Gasteiger charge is -2.33. The molecule has 3 aliphatic heterocycles. The number of aliphatic carboxylic acids is 2. The lowest BCUT2D eigenvalue weighted by atomic mass is 10.0. The van der Waals surface area contributed by atoms with Crippen molar-refractivity contribution in [1.29, 1.82) is 0 Å². The maximum Gasteiger partial charge on any atom is 0.326 e. The molecule has 0 unspecified atom stereocenters. The first-order valence-electron chi connectivity index (χ1n) is 25.1. The summed E-state index contributed by atoms with van der Waals surface area (Å²) in [6.45, 7) is 10.9. The van der Waals surface area contributed by atoms with Crippen molar-refractivity contribution in [2.75, 3.05) is 38.2 Å². The maximum atomic E-state index is 14.4. The van der Waals surface area contributed by atoms with E-state index in [1.807, 2.05) is 6.26 Å². The van der Waals surface area contributed by atoms with Crippen molar-refractivity contribution >= 4 is 76.9 Å². The highest BCUT2D eigenvalue weighted by atomic mass is 32.2. The van der Waals surface area contributed by atoms with E-state index in [0.717, 1.165) is 6.42 Å². The first kappa shape index (κ1) is 60.7. The van der Waals surface area contributed by atoms with Gasteiger partial charge in [0, 0.05) is 19.5 Å². The Labute approximate surface area is 425 Å². The number of carboxylic acid groups (broad SMARTS) is 2. The van der Waals surface area contributed by atoms with Gasteiger partial charge in [-0.3, -0.25) is 47.9 Å². The van der Waals surface area contributed by atoms with Gasteiger partial charge in [-0.05, 0) is 121 Å². The van der Waals surface area contributed by atoms with Crippen molar-refractivity contribution in [3.63, 3.8) is 0 Å². The van der Waals surface area contributed by atoms with Crippen molar-refractivity contribution in [3.05, 3.63) is 0 Å². The predicted molar refractivity (Wildman–Crippen MR) is 265 cm³/mol. The molecule has 0 aromatic heterocycles. The highest BCUT2D eigenvalue weighted by Crippen LogP contribution is 2.24. The van der Waals surface area contributed by atoms with Crippen molar-refractivity contribution < 1.29 is 63.0 Å². The summed E-state index contributed by atoms with van der Waals surface area (Å²) < 4.78 is 0. The average molecular weight is 1040 g/mol. The van der Waals surface area contributed by atoms with Gasteiger partial charge in [0.2, 0.25) is 53.2 Å². The smallest absolute Gasteiger partial charge is 0.326 e. The van der Waals surface area contributed by atoms with E-state index in [9.17, 15) is 63.0 Å². The molecule has 0 aromatic carbocycles. The monoisotopic (exact) mass is 1040 g/mol. The van der Waals surface area contributed by atoms with Crippen molar-refractivity contribution in [2.24, 2.45) is 17.6 Å². The summed E-state index contributed by atoms with van der Waals surface area (Å²) in [4.78, 5) is 149. The number of thioether (sulfide) groups is 1. The third kappa shape index (κ3) is 18.2. The van der Waals surface area contributed by atoms with Gasteiger partial charge in [0.25, 0.3) is 0 Å². The minimum Gasteiger partial charge on any atom is -0.481 e. The summed E-state index contributed by atoms with van der Waals surface area (Å²) in [6.07, 6.45) is 4.98. The Hall–Kier alpha value is -5.56.